The molecule has 4 saturated carbocycles. The maximum absolute atomic E-state index is 12.6. The Bertz CT molecular complexity index is 760. The lowest BCUT2D eigenvalue weighted by atomic mass is 9.53. The van der Waals surface area contributed by atoms with Crippen LogP contribution in [0.3, 0.4) is 0 Å². The second-order valence-corrected chi connectivity index (χ2v) is 8.74. The average Bonchev–Trinajstić information content (AvgIpc) is 2.65. The minimum absolute atomic E-state index is 0.0918. The monoisotopic (exact) mass is 382 g/mol. The van der Waals surface area contributed by atoms with Gasteiger partial charge in [0.15, 0.2) is 12.7 Å². The van der Waals surface area contributed by atoms with E-state index in [1.54, 1.807) is 31.2 Å². The number of carbonyl (C=O) groups excluding carboxylic acids is 2. The van der Waals surface area contributed by atoms with Crippen molar-refractivity contribution in [1.82, 2.24) is 5.32 Å². The molecule has 148 valence electrons. The number of benzene rings is 1. The van der Waals surface area contributed by atoms with Crippen LogP contribution >= 0.6 is 0 Å². The number of nitrogens with zero attached hydrogens (tertiary/aromatic N) is 1. The number of nitriles is 1. The lowest BCUT2D eigenvalue weighted by Crippen LogP contribution is -2.61. The van der Waals surface area contributed by atoms with Crippen LogP contribution in [0.25, 0.3) is 0 Å². The second kappa shape index (κ2) is 7.46. The SMILES string of the molecule is C[C@H](OC(=O)COc1ccc(C#N)cc1)C(=O)NC12CC3CC(CC(C3)C1)C2. The summed E-state index contributed by atoms with van der Waals surface area (Å²) < 4.78 is 10.6. The minimum atomic E-state index is -0.843. The third-order valence-corrected chi connectivity index (χ3v) is 6.44. The molecule has 4 aliphatic carbocycles. The van der Waals surface area contributed by atoms with Gasteiger partial charge >= 0.3 is 5.97 Å². The predicted octanol–water partition coefficient (Wildman–Crippen LogP) is 2.95. The van der Waals surface area contributed by atoms with Crippen LogP contribution in [-0.2, 0) is 14.3 Å². The van der Waals surface area contributed by atoms with Gasteiger partial charge in [0.2, 0.25) is 0 Å². The molecule has 0 spiro atoms. The summed E-state index contributed by atoms with van der Waals surface area (Å²) >= 11 is 0. The zero-order valence-electron chi connectivity index (χ0n) is 16.1. The average molecular weight is 382 g/mol. The number of ether oxygens (including phenoxy) is 2. The molecule has 5 rings (SSSR count). The van der Waals surface area contributed by atoms with Gasteiger partial charge in [-0.05, 0) is 87.5 Å². The Labute approximate surface area is 165 Å². The Hall–Kier alpha value is -2.55. The van der Waals surface area contributed by atoms with Gasteiger partial charge < -0.3 is 14.8 Å². The lowest BCUT2D eigenvalue weighted by Gasteiger charge is -2.57. The molecule has 0 aromatic heterocycles. The van der Waals surface area contributed by atoms with E-state index in [1.165, 1.54) is 19.3 Å². The van der Waals surface area contributed by atoms with Crippen molar-refractivity contribution in [2.75, 3.05) is 6.61 Å². The van der Waals surface area contributed by atoms with Crippen LogP contribution in [0.1, 0.15) is 51.0 Å². The molecule has 0 radical (unpaired) electrons. The summed E-state index contributed by atoms with van der Waals surface area (Å²) in [6, 6.07) is 8.49. The maximum atomic E-state index is 12.6. The molecule has 0 aliphatic heterocycles. The second-order valence-electron chi connectivity index (χ2n) is 8.74. The Kier molecular flexibility index (Phi) is 5.01. The third-order valence-electron chi connectivity index (χ3n) is 6.44. The lowest BCUT2D eigenvalue weighted by molar-refractivity contribution is -0.158. The van der Waals surface area contributed by atoms with Gasteiger partial charge in [-0.1, -0.05) is 0 Å². The largest absolute Gasteiger partial charge is 0.482 e. The highest BCUT2D eigenvalue weighted by molar-refractivity contribution is 5.84. The first-order chi connectivity index (χ1) is 13.4. The number of esters is 1. The molecule has 4 bridgehead atoms. The van der Waals surface area contributed by atoms with Gasteiger partial charge in [-0.25, -0.2) is 4.79 Å². The summed E-state index contributed by atoms with van der Waals surface area (Å²) in [6.07, 6.45) is 6.28. The number of carbonyl (C=O) groups is 2. The smallest absolute Gasteiger partial charge is 0.344 e. The van der Waals surface area contributed by atoms with E-state index >= 15 is 0 Å². The fourth-order valence-corrected chi connectivity index (χ4v) is 5.68. The van der Waals surface area contributed by atoms with E-state index in [1.807, 2.05) is 6.07 Å². The highest BCUT2D eigenvalue weighted by atomic mass is 16.6. The molecule has 4 aliphatic rings. The van der Waals surface area contributed by atoms with Gasteiger partial charge in [0.25, 0.3) is 5.91 Å². The quantitative estimate of drug-likeness (QED) is 0.764. The minimum Gasteiger partial charge on any atom is -0.482 e. The van der Waals surface area contributed by atoms with Crippen LogP contribution < -0.4 is 10.1 Å². The molecule has 6 nitrogen and oxygen atoms in total. The predicted molar refractivity (Wildman–Crippen MR) is 101 cm³/mol. The highest BCUT2D eigenvalue weighted by Crippen LogP contribution is 2.55. The van der Waals surface area contributed by atoms with Crippen molar-refractivity contribution in [2.24, 2.45) is 17.8 Å². The topological polar surface area (TPSA) is 88.4 Å². The molecule has 0 saturated heterocycles. The van der Waals surface area contributed by atoms with E-state index in [0.29, 0.717) is 11.3 Å². The maximum Gasteiger partial charge on any atom is 0.344 e. The summed E-state index contributed by atoms with van der Waals surface area (Å²) in [5.74, 6) is 1.90. The van der Waals surface area contributed by atoms with Crippen molar-refractivity contribution in [3.63, 3.8) is 0 Å². The molecule has 6 heteroatoms. The van der Waals surface area contributed by atoms with Crippen molar-refractivity contribution in [1.29, 1.82) is 5.26 Å². The Morgan fingerprint density at radius 2 is 1.71 bits per heavy atom. The van der Waals surface area contributed by atoms with E-state index in [0.717, 1.165) is 37.0 Å². The normalized spacial score (nSPS) is 30.9. The van der Waals surface area contributed by atoms with E-state index in [4.69, 9.17) is 14.7 Å². The van der Waals surface area contributed by atoms with Crippen LogP contribution in [0, 0.1) is 29.1 Å². The molecule has 1 N–H and O–H groups in total. The summed E-state index contributed by atoms with van der Waals surface area (Å²) in [6.45, 7) is 1.33. The van der Waals surface area contributed by atoms with Gasteiger partial charge in [-0.15, -0.1) is 0 Å². The first-order valence-electron chi connectivity index (χ1n) is 10.1. The first-order valence-corrected chi connectivity index (χ1v) is 10.1. The number of rotatable bonds is 6. The fourth-order valence-electron chi connectivity index (χ4n) is 5.68. The van der Waals surface area contributed by atoms with Crippen LogP contribution in [0.4, 0.5) is 0 Å². The highest BCUT2D eigenvalue weighted by Gasteiger charge is 2.51. The van der Waals surface area contributed by atoms with Crippen molar-refractivity contribution >= 4 is 11.9 Å². The molecule has 1 amide bonds. The third kappa shape index (κ3) is 3.99. The number of nitrogens with one attached hydrogen (secondary N) is 1. The van der Waals surface area contributed by atoms with E-state index in [2.05, 4.69) is 5.32 Å². The fraction of sp³-hybridized carbons (Fsp3) is 0.591. The summed E-state index contributed by atoms with van der Waals surface area (Å²) in [4.78, 5) is 24.7. The molecule has 1 atom stereocenters. The van der Waals surface area contributed by atoms with Crippen LogP contribution in [0.5, 0.6) is 5.75 Å². The van der Waals surface area contributed by atoms with Gasteiger partial charge in [-0.3, -0.25) is 4.79 Å². The number of hydrogen-bond acceptors (Lipinski definition) is 5. The summed E-state index contributed by atoms with van der Waals surface area (Å²) in [5.41, 5.74) is 0.427. The molecule has 0 heterocycles. The Morgan fingerprint density at radius 1 is 1.14 bits per heavy atom. The van der Waals surface area contributed by atoms with E-state index < -0.39 is 12.1 Å². The molecule has 1 aromatic carbocycles. The molecule has 28 heavy (non-hydrogen) atoms. The van der Waals surface area contributed by atoms with Gasteiger partial charge in [0.1, 0.15) is 5.75 Å². The standard InChI is InChI=1S/C22H26N2O4/c1-14(28-20(25)13-27-19-4-2-15(12-23)3-5-19)21(26)24-22-9-16-6-17(10-22)8-18(7-16)11-22/h2-5,14,16-18H,6-11,13H2,1H3,(H,24,26)/t14-,16?,17?,18?,22?/m0/s1. The zero-order valence-corrected chi connectivity index (χ0v) is 16.1. The van der Waals surface area contributed by atoms with E-state index in [-0.39, 0.29) is 18.1 Å². The Morgan fingerprint density at radius 3 is 2.25 bits per heavy atom. The first kappa shape index (κ1) is 18.8. The molecule has 0 unspecified atom stereocenters. The van der Waals surface area contributed by atoms with Gasteiger partial charge in [0.05, 0.1) is 11.6 Å². The number of hydrogen-bond donors (Lipinski definition) is 1. The van der Waals surface area contributed by atoms with Crippen molar-refractivity contribution in [2.45, 2.75) is 57.1 Å². The van der Waals surface area contributed by atoms with Gasteiger partial charge in [-0.2, -0.15) is 5.26 Å². The molecule has 4 fully saturated rings. The summed E-state index contributed by atoms with van der Waals surface area (Å²) in [7, 11) is 0. The molecular formula is C22H26N2O4. The Balaban J connectivity index is 1.26. The van der Waals surface area contributed by atoms with E-state index in [9.17, 15) is 9.59 Å². The zero-order chi connectivity index (χ0) is 19.7. The number of amides is 1. The molecular weight excluding hydrogens is 356 g/mol. The van der Waals surface area contributed by atoms with Crippen molar-refractivity contribution in [3.8, 4) is 11.8 Å². The van der Waals surface area contributed by atoms with Crippen LogP contribution in [-0.4, -0.2) is 30.1 Å². The van der Waals surface area contributed by atoms with Crippen molar-refractivity contribution < 1.29 is 19.1 Å². The van der Waals surface area contributed by atoms with Crippen LogP contribution in [0.15, 0.2) is 24.3 Å². The summed E-state index contributed by atoms with van der Waals surface area (Å²) in [5, 5.41) is 12.0. The van der Waals surface area contributed by atoms with Crippen molar-refractivity contribution in [3.05, 3.63) is 29.8 Å². The van der Waals surface area contributed by atoms with Crippen LogP contribution in [0.2, 0.25) is 0 Å². The van der Waals surface area contributed by atoms with Gasteiger partial charge in [0, 0.05) is 5.54 Å². The molecule has 1 aromatic rings.